The standard InChI is InChI=1S/C20H17N2.ClH/c1-16-10-12-18(13-11-16)22-15-19-9-5-6-14-21(19)20(22)17-7-3-2-4-8-17;/h2-15H,1H3;1H/q+1;/p-1. The Kier molecular flexibility index (Phi) is 4.18. The number of aromatic nitrogens is 2. The molecule has 2 nitrogen and oxygen atoms in total. The summed E-state index contributed by atoms with van der Waals surface area (Å²) in [6.07, 6.45) is 4.30. The number of pyridine rings is 1. The van der Waals surface area contributed by atoms with Crippen molar-refractivity contribution in [3.8, 4) is 17.1 Å². The van der Waals surface area contributed by atoms with Crippen molar-refractivity contribution in [3.05, 3.63) is 90.8 Å². The van der Waals surface area contributed by atoms with Gasteiger partial charge in [-0.05, 0) is 43.3 Å². The van der Waals surface area contributed by atoms with E-state index in [4.69, 9.17) is 0 Å². The number of nitrogens with zero attached hydrogens (tertiary/aromatic N) is 2. The zero-order valence-corrected chi connectivity index (χ0v) is 13.6. The van der Waals surface area contributed by atoms with E-state index in [1.165, 1.54) is 28.2 Å². The third-order valence-electron chi connectivity index (χ3n) is 3.95. The van der Waals surface area contributed by atoms with Gasteiger partial charge in [0, 0.05) is 0 Å². The maximum Gasteiger partial charge on any atom is 0.299 e. The SMILES string of the molecule is Cc1ccc(-[n+]2cc3ccccn3c2-c2ccccc2)cc1.[Cl-]. The molecule has 0 aliphatic heterocycles. The third-order valence-corrected chi connectivity index (χ3v) is 3.95. The Morgan fingerprint density at radius 1 is 0.783 bits per heavy atom. The van der Waals surface area contributed by atoms with Gasteiger partial charge in [-0.3, -0.25) is 0 Å². The molecule has 0 spiro atoms. The minimum absolute atomic E-state index is 0. The van der Waals surface area contributed by atoms with Gasteiger partial charge < -0.3 is 12.4 Å². The van der Waals surface area contributed by atoms with Crippen LogP contribution in [-0.4, -0.2) is 4.40 Å². The first-order valence-electron chi connectivity index (χ1n) is 7.47. The second-order valence-corrected chi connectivity index (χ2v) is 5.52. The fourth-order valence-corrected chi connectivity index (χ4v) is 2.83. The lowest BCUT2D eigenvalue weighted by Crippen LogP contribution is -3.00. The van der Waals surface area contributed by atoms with Gasteiger partial charge in [0.1, 0.15) is 11.9 Å². The maximum absolute atomic E-state index is 2.25. The van der Waals surface area contributed by atoms with Gasteiger partial charge >= 0.3 is 0 Å². The molecular weight excluding hydrogens is 304 g/mol. The Hall–Kier alpha value is -2.58. The second-order valence-electron chi connectivity index (χ2n) is 5.52. The van der Waals surface area contributed by atoms with Crippen LogP contribution in [0.15, 0.2) is 85.2 Å². The minimum Gasteiger partial charge on any atom is -1.00 e. The van der Waals surface area contributed by atoms with E-state index in [1.54, 1.807) is 0 Å². The second kappa shape index (κ2) is 6.27. The van der Waals surface area contributed by atoms with Crippen molar-refractivity contribution in [1.82, 2.24) is 4.40 Å². The predicted molar refractivity (Wildman–Crippen MR) is 89.1 cm³/mol. The Labute approximate surface area is 142 Å². The number of aryl methyl sites for hydroxylation is 1. The van der Waals surface area contributed by atoms with Crippen molar-refractivity contribution in [2.24, 2.45) is 0 Å². The van der Waals surface area contributed by atoms with Gasteiger partial charge in [-0.15, -0.1) is 0 Å². The maximum atomic E-state index is 2.25. The molecule has 0 radical (unpaired) electrons. The summed E-state index contributed by atoms with van der Waals surface area (Å²) in [4.78, 5) is 0. The summed E-state index contributed by atoms with van der Waals surface area (Å²) >= 11 is 0. The van der Waals surface area contributed by atoms with Crippen LogP contribution in [0.5, 0.6) is 0 Å². The lowest BCUT2D eigenvalue weighted by Gasteiger charge is -2.02. The number of fused-ring (bicyclic) bond motifs is 1. The number of hydrogen-bond donors (Lipinski definition) is 0. The lowest BCUT2D eigenvalue weighted by molar-refractivity contribution is -0.582. The van der Waals surface area contributed by atoms with Crippen molar-refractivity contribution in [2.75, 3.05) is 0 Å². The Morgan fingerprint density at radius 2 is 1.48 bits per heavy atom. The fourth-order valence-electron chi connectivity index (χ4n) is 2.83. The van der Waals surface area contributed by atoms with Crippen LogP contribution in [0.2, 0.25) is 0 Å². The van der Waals surface area contributed by atoms with E-state index in [0.29, 0.717) is 0 Å². The Bertz CT molecular complexity index is 925. The molecule has 4 rings (SSSR count). The molecule has 0 N–H and O–H groups in total. The summed E-state index contributed by atoms with van der Waals surface area (Å²) in [5.41, 5.74) is 4.83. The molecule has 0 aliphatic carbocycles. The van der Waals surface area contributed by atoms with Crippen LogP contribution in [-0.2, 0) is 0 Å². The summed E-state index contributed by atoms with van der Waals surface area (Å²) in [7, 11) is 0. The number of rotatable bonds is 2. The van der Waals surface area contributed by atoms with Gasteiger partial charge in [0.2, 0.25) is 0 Å². The molecule has 4 aromatic rings. The van der Waals surface area contributed by atoms with Crippen LogP contribution in [0.1, 0.15) is 5.56 Å². The van der Waals surface area contributed by atoms with Crippen LogP contribution in [0, 0.1) is 6.92 Å². The first-order chi connectivity index (χ1) is 10.8. The van der Waals surface area contributed by atoms with Gasteiger partial charge in [-0.2, -0.15) is 8.97 Å². The van der Waals surface area contributed by atoms with E-state index in [9.17, 15) is 0 Å². The van der Waals surface area contributed by atoms with Gasteiger partial charge in [0.15, 0.2) is 5.52 Å². The van der Waals surface area contributed by atoms with Crippen molar-refractivity contribution < 1.29 is 17.0 Å². The van der Waals surface area contributed by atoms with Crippen LogP contribution in [0.25, 0.3) is 22.6 Å². The number of halogens is 1. The Balaban J connectivity index is 0.00000156. The first kappa shape index (κ1) is 15.3. The molecule has 23 heavy (non-hydrogen) atoms. The highest BCUT2D eigenvalue weighted by Gasteiger charge is 2.20. The number of hydrogen-bond acceptors (Lipinski definition) is 0. The number of imidazole rings is 1. The molecule has 0 bridgehead atoms. The van der Waals surface area contributed by atoms with Gasteiger partial charge in [0.05, 0.1) is 11.8 Å². The molecule has 0 saturated carbocycles. The van der Waals surface area contributed by atoms with E-state index in [2.05, 4.69) is 101 Å². The zero-order chi connectivity index (χ0) is 14.9. The van der Waals surface area contributed by atoms with Gasteiger partial charge in [-0.25, -0.2) is 0 Å². The molecule has 0 fully saturated rings. The minimum atomic E-state index is 0. The number of benzene rings is 2. The van der Waals surface area contributed by atoms with Crippen LogP contribution in [0.4, 0.5) is 0 Å². The summed E-state index contributed by atoms with van der Waals surface area (Å²) in [6, 6.07) is 25.4. The molecule has 2 aromatic heterocycles. The largest absolute Gasteiger partial charge is 1.00 e. The molecular formula is C20H17ClN2. The smallest absolute Gasteiger partial charge is 0.299 e. The van der Waals surface area contributed by atoms with Crippen LogP contribution >= 0.6 is 0 Å². The topological polar surface area (TPSA) is 8.29 Å². The summed E-state index contributed by atoms with van der Waals surface area (Å²) in [5.74, 6) is 1.17. The highest BCUT2D eigenvalue weighted by Crippen LogP contribution is 2.20. The molecule has 0 aliphatic rings. The van der Waals surface area contributed by atoms with E-state index in [1.807, 2.05) is 0 Å². The molecule has 0 atom stereocenters. The van der Waals surface area contributed by atoms with Crippen LogP contribution < -0.4 is 17.0 Å². The third kappa shape index (κ3) is 2.73. The normalized spacial score (nSPS) is 10.5. The molecule has 3 heteroatoms. The van der Waals surface area contributed by atoms with E-state index >= 15 is 0 Å². The highest BCUT2D eigenvalue weighted by molar-refractivity contribution is 5.59. The van der Waals surface area contributed by atoms with Crippen molar-refractivity contribution >= 4 is 5.52 Å². The average Bonchev–Trinajstić information content (AvgIpc) is 2.96. The van der Waals surface area contributed by atoms with E-state index in [-0.39, 0.29) is 12.4 Å². The summed E-state index contributed by atoms with van der Waals surface area (Å²) < 4.78 is 4.49. The zero-order valence-electron chi connectivity index (χ0n) is 12.9. The summed E-state index contributed by atoms with van der Waals surface area (Å²) in [6.45, 7) is 2.11. The average molecular weight is 321 g/mol. The van der Waals surface area contributed by atoms with Crippen molar-refractivity contribution in [3.63, 3.8) is 0 Å². The quantitative estimate of drug-likeness (QED) is 0.491. The molecule has 0 unspecified atom stereocenters. The lowest BCUT2D eigenvalue weighted by atomic mass is 10.2. The van der Waals surface area contributed by atoms with Crippen molar-refractivity contribution in [1.29, 1.82) is 0 Å². The monoisotopic (exact) mass is 320 g/mol. The van der Waals surface area contributed by atoms with Crippen LogP contribution in [0.3, 0.4) is 0 Å². The highest BCUT2D eigenvalue weighted by atomic mass is 35.5. The fraction of sp³-hybridized carbons (Fsp3) is 0.0500. The summed E-state index contributed by atoms with van der Waals surface area (Å²) in [5, 5.41) is 0. The molecule has 0 saturated heterocycles. The van der Waals surface area contributed by atoms with Crippen molar-refractivity contribution in [2.45, 2.75) is 6.92 Å². The predicted octanol–water partition coefficient (Wildman–Crippen LogP) is 1.20. The van der Waals surface area contributed by atoms with E-state index < -0.39 is 0 Å². The van der Waals surface area contributed by atoms with E-state index in [0.717, 1.165) is 0 Å². The van der Waals surface area contributed by atoms with Gasteiger partial charge in [-0.1, -0.05) is 42.0 Å². The molecule has 0 amide bonds. The first-order valence-corrected chi connectivity index (χ1v) is 7.47. The Morgan fingerprint density at radius 3 is 2.22 bits per heavy atom. The molecule has 2 aromatic carbocycles. The van der Waals surface area contributed by atoms with Gasteiger partial charge in [0.25, 0.3) is 5.82 Å². The molecule has 2 heterocycles. The molecule has 114 valence electrons.